The minimum Gasteiger partial charge on any atom is -0.396 e. The van der Waals surface area contributed by atoms with E-state index in [-0.39, 0.29) is 0 Å². The van der Waals surface area contributed by atoms with Gasteiger partial charge in [-0.25, -0.2) is 0 Å². The zero-order valence-corrected chi connectivity index (χ0v) is 11.1. The van der Waals surface area contributed by atoms with Gasteiger partial charge in [-0.2, -0.15) is 5.10 Å². The average Bonchev–Trinajstić information content (AvgIpc) is 2.67. The number of nitrogens with two attached hydrogens (primary N) is 1. The molecule has 0 atom stereocenters. The van der Waals surface area contributed by atoms with Crippen molar-refractivity contribution >= 4 is 16.6 Å². The molecule has 0 bridgehead atoms. The Bertz CT molecular complexity index is 738. The van der Waals surface area contributed by atoms with E-state index in [1.54, 1.807) is 0 Å². The van der Waals surface area contributed by atoms with Gasteiger partial charge in [-0.3, -0.25) is 9.67 Å². The number of anilines is 1. The van der Waals surface area contributed by atoms with Gasteiger partial charge in [-0.1, -0.05) is 18.2 Å². The van der Waals surface area contributed by atoms with Gasteiger partial charge in [0.15, 0.2) is 0 Å². The maximum atomic E-state index is 5.97. The molecule has 0 radical (unpaired) electrons. The quantitative estimate of drug-likeness (QED) is 0.763. The highest BCUT2D eigenvalue weighted by atomic mass is 15.3. The van der Waals surface area contributed by atoms with E-state index in [4.69, 9.17) is 5.73 Å². The second-order valence-corrected chi connectivity index (χ2v) is 4.73. The minimum atomic E-state index is 0.715. The molecule has 2 heterocycles. The van der Waals surface area contributed by atoms with E-state index in [1.165, 1.54) is 5.56 Å². The van der Waals surface area contributed by atoms with Crippen molar-refractivity contribution in [3.8, 4) is 0 Å². The molecule has 4 heteroatoms. The predicted molar refractivity (Wildman–Crippen MR) is 77.0 cm³/mol. The lowest BCUT2D eigenvalue weighted by Crippen LogP contribution is -2.05. The molecule has 3 aromatic rings. The summed E-state index contributed by atoms with van der Waals surface area (Å²) in [5.41, 5.74) is 10.9. The molecule has 3 rings (SSSR count). The summed E-state index contributed by atoms with van der Waals surface area (Å²) in [4.78, 5) is 4.37. The van der Waals surface area contributed by atoms with Crippen LogP contribution in [0.4, 0.5) is 5.69 Å². The Kier molecular flexibility index (Phi) is 2.71. The molecule has 0 aliphatic heterocycles. The number of hydrogen-bond acceptors (Lipinski definition) is 3. The first kappa shape index (κ1) is 11.7. The van der Waals surface area contributed by atoms with Crippen LogP contribution in [0.5, 0.6) is 0 Å². The smallest absolute Gasteiger partial charge is 0.0826 e. The van der Waals surface area contributed by atoms with Crippen LogP contribution in [0.1, 0.15) is 17.0 Å². The number of fused-ring (bicyclic) bond motifs is 1. The summed E-state index contributed by atoms with van der Waals surface area (Å²) in [7, 11) is 0. The van der Waals surface area contributed by atoms with Crippen LogP contribution in [0.25, 0.3) is 10.9 Å². The van der Waals surface area contributed by atoms with Crippen LogP contribution in [0.3, 0.4) is 0 Å². The maximum absolute atomic E-state index is 5.97. The fourth-order valence-electron chi connectivity index (χ4n) is 2.32. The van der Waals surface area contributed by atoms with Crippen molar-refractivity contribution in [3.63, 3.8) is 0 Å². The number of para-hydroxylation sites is 1. The van der Waals surface area contributed by atoms with E-state index < -0.39 is 0 Å². The van der Waals surface area contributed by atoms with Gasteiger partial charge in [-0.15, -0.1) is 0 Å². The molecular weight excluding hydrogens is 236 g/mol. The first-order chi connectivity index (χ1) is 9.16. The van der Waals surface area contributed by atoms with Gasteiger partial charge in [0.1, 0.15) is 0 Å². The molecule has 0 aliphatic rings. The van der Waals surface area contributed by atoms with Crippen molar-refractivity contribution in [2.75, 3.05) is 5.73 Å². The third-order valence-corrected chi connectivity index (χ3v) is 3.50. The standard InChI is InChI=1S/C15H16N4/c1-10-15(16)11(2)19(18-10)9-12-7-8-17-14-6-4-3-5-13(12)14/h3-8H,9,16H2,1-2H3. The first-order valence-electron chi connectivity index (χ1n) is 6.29. The van der Waals surface area contributed by atoms with Gasteiger partial charge < -0.3 is 5.73 Å². The summed E-state index contributed by atoms with van der Waals surface area (Å²) in [5, 5.41) is 5.65. The van der Waals surface area contributed by atoms with Crippen molar-refractivity contribution in [2.45, 2.75) is 20.4 Å². The normalized spacial score (nSPS) is 11.1. The number of aromatic nitrogens is 3. The summed E-state index contributed by atoms with van der Waals surface area (Å²) in [5.74, 6) is 0. The number of nitrogen functional groups attached to an aromatic ring is 1. The molecule has 2 aromatic heterocycles. The molecule has 96 valence electrons. The molecule has 4 nitrogen and oxygen atoms in total. The van der Waals surface area contributed by atoms with E-state index >= 15 is 0 Å². The zero-order valence-electron chi connectivity index (χ0n) is 11.1. The van der Waals surface area contributed by atoms with Crippen molar-refractivity contribution in [1.29, 1.82) is 0 Å². The van der Waals surface area contributed by atoms with E-state index in [9.17, 15) is 0 Å². The van der Waals surface area contributed by atoms with Crippen molar-refractivity contribution < 1.29 is 0 Å². The second-order valence-electron chi connectivity index (χ2n) is 4.73. The third kappa shape index (κ3) is 1.95. The van der Waals surface area contributed by atoms with Crippen molar-refractivity contribution in [3.05, 3.63) is 53.5 Å². The molecule has 0 aliphatic carbocycles. The highest BCUT2D eigenvalue weighted by Crippen LogP contribution is 2.20. The van der Waals surface area contributed by atoms with E-state index in [0.29, 0.717) is 6.54 Å². The molecule has 0 saturated carbocycles. The van der Waals surface area contributed by atoms with E-state index in [0.717, 1.165) is 28.0 Å². The van der Waals surface area contributed by atoms with Crippen LogP contribution in [0, 0.1) is 13.8 Å². The maximum Gasteiger partial charge on any atom is 0.0826 e. The Morgan fingerprint density at radius 1 is 1.16 bits per heavy atom. The number of nitrogens with zero attached hydrogens (tertiary/aromatic N) is 3. The lowest BCUT2D eigenvalue weighted by molar-refractivity contribution is 0.662. The van der Waals surface area contributed by atoms with Crippen molar-refractivity contribution in [2.24, 2.45) is 0 Å². The van der Waals surface area contributed by atoms with Gasteiger partial charge in [0.2, 0.25) is 0 Å². The molecule has 0 fully saturated rings. The first-order valence-corrected chi connectivity index (χ1v) is 6.29. The number of pyridine rings is 1. The summed E-state index contributed by atoms with van der Waals surface area (Å²) in [6.07, 6.45) is 1.84. The van der Waals surface area contributed by atoms with E-state index in [1.807, 2.05) is 49.0 Å². The van der Waals surface area contributed by atoms with Gasteiger partial charge in [-0.05, 0) is 31.5 Å². The molecule has 0 spiro atoms. The highest BCUT2D eigenvalue weighted by molar-refractivity contribution is 5.81. The largest absolute Gasteiger partial charge is 0.396 e. The lowest BCUT2D eigenvalue weighted by Gasteiger charge is -2.08. The molecule has 0 amide bonds. The zero-order chi connectivity index (χ0) is 13.4. The number of aryl methyl sites for hydroxylation is 1. The Hall–Kier alpha value is -2.36. The Labute approximate surface area is 111 Å². The number of hydrogen-bond donors (Lipinski definition) is 1. The minimum absolute atomic E-state index is 0.715. The van der Waals surface area contributed by atoms with Gasteiger partial charge in [0, 0.05) is 11.6 Å². The molecular formula is C15H16N4. The summed E-state index contributed by atoms with van der Waals surface area (Å²) in [6.45, 7) is 4.65. The molecule has 0 unspecified atom stereocenters. The molecule has 19 heavy (non-hydrogen) atoms. The number of rotatable bonds is 2. The fraction of sp³-hybridized carbons (Fsp3) is 0.200. The van der Waals surface area contributed by atoms with E-state index in [2.05, 4.69) is 16.1 Å². The summed E-state index contributed by atoms with van der Waals surface area (Å²) in [6, 6.07) is 10.2. The predicted octanol–water partition coefficient (Wildman–Crippen LogP) is 2.68. The van der Waals surface area contributed by atoms with Gasteiger partial charge in [0.05, 0.1) is 29.1 Å². The fourth-order valence-corrected chi connectivity index (χ4v) is 2.32. The van der Waals surface area contributed by atoms with Crippen LogP contribution < -0.4 is 5.73 Å². The van der Waals surface area contributed by atoms with Crippen LogP contribution in [-0.2, 0) is 6.54 Å². The van der Waals surface area contributed by atoms with Gasteiger partial charge in [0.25, 0.3) is 0 Å². The second kappa shape index (κ2) is 4.39. The third-order valence-electron chi connectivity index (χ3n) is 3.50. The van der Waals surface area contributed by atoms with Crippen LogP contribution in [0.15, 0.2) is 36.5 Å². The molecule has 0 saturated heterocycles. The van der Waals surface area contributed by atoms with Crippen LogP contribution in [-0.4, -0.2) is 14.8 Å². The average molecular weight is 252 g/mol. The Balaban J connectivity index is 2.08. The van der Waals surface area contributed by atoms with Crippen LogP contribution in [0.2, 0.25) is 0 Å². The number of benzene rings is 1. The molecule has 2 N–H and O–H groups in total. The monoisotopic (exact) mass is 252 g/mol. The summed E-state index contributed by atoms with van der Waals surface area (Å²) < 4.78 is 1.95. The summed E-state index contributed by atoms with van der Waals surface area (Å²) >= 11 is 0. The Morgan fingerprint density at radius 3 is 2.68 bits per heavy atom. The van der Waals surface area contributed by atoms with Gasteiger partial charge >= 0.3 is 0 Å². The Morgan fingerprint density at radius 2 is 1.95 bits per heavy atom. The molecule has 1 aromatic carbocycles. The van der Waals surface area contributed by atoms with Crippen molar-refractivity contribution in [1.82, 2.24) is 14.8 Å². The topological polar surface area (TPSA) is 56.7 Å². The SMILES string of the molecule is Cc1nn(Cc2ccnc3ccccc23)c(C)c1N. The lowest BCUT2D eigenvalue weighted by atomic mass is 10.1. The van der Waals surface area contributed by atoms with Crippen LogP contribution >= 0.6 is 0 Å². The highest BCUT2D eigenvalue weighted by Gasteiger charge is 2.09.